The normalized spacial score (nSPS) is 23.0. The molecule has 0 aliphatic carbocycles. The summed E-state index contributed by atoms with van der Waals surface area (Å²) >= 11 is 0. The maximum atomic E-state index is 12.5. The van der Waals surface area contributed by atoms with E-state index in [-0.39, 0.29) is 0 Å². The molecule has 2 aliphatic rings. The molecule has 1 amide bonds. The van der Waals surface area contributed by atoms with Gasteiger partial charge in [-0.15, -0.1) is 0 Å². The Morgan fingerprint density at radius 3 is 2.65 bits per heavy atom. The molecule has 3 rings (SSSR count). The zero-order chi connectivity index (χ0) is 15.9. The SMILES string of the molecule is O=C(CCC1CCNCC1)N1CCCC(Cc2ccccc2)C1. The molecule has 0 bridgehead atoms. The Kier molecular flexibility index (Phi) is 6.09. The number of nitrogens with zero attached hydrogens (tertiary/aromatic N) is 1. The number of carbonyl (C=O) groups is 1. The monoisotopic (exact) mass is 314 g/mol. The highest BCUT2D eigenvalue weighted by molar-refractivity contribution is 5.76. The van der Waals surface area contributed by atoms with Crippen molar-refractivity contribution in [3.05, 3.63) is 35.9 Å². The number of hydrogen-bond donors (Lipinski definition) is 1. The highest BCUT2D eigenvalue weighted by Crippen LogP contribution is 2.23. The van der Waals surface area contributed by atoms with E-state index >= 15 is 0 Å². The van der Waals surface area contributed by atoms with Gasteiger partial charge in [0.1, 0.15) is 0 Å². The number of benzene rings is 1. The molecule has 3 nitrogen and oxygen atoms in total. The van der Waals surface area contributed by atoms with Crippen molar-refractivity contribution in [2.75, 3.05) is 26.2 Å². The summed E-state index contributed by atoms with van der Waals surface area (Å²) in [5.41, 5.74) is 1.40. The quantitative estimate of drug-likeness (QED) is 0.905. The van der Waals surface area contributed by atoms with E-state index in [4.69, 9.17) is 0 Å². The highest BCUT2D eigenvalue weighted by Gasteiger charge is 2.24. The van der Waals surface area contributed by atoms with Crippen LogP contribution in [-0.4, -0.2) is 37.0 Å². The third-order valence-electron chi connectivity index (χ3n) is 5.46. The zero-order valence-electron chi connectivity index (χ0n) is 14.2. The Morgan fingerprint density at radius 1 is 1.09 bits per heavy atom. The van der Waals surface area contributed by atoms with Crippen molar-refractivity contribution in [2.45, 2.75) is 44.9 Å². The molecule has 0 radical (unpaired) electrons. The Morgan fingerprint density at radius 2 is 1.87 bits per heavy atom. The molecule has 2 aliphatic heterocycles. The number of nitrogens with one attached hydrogen (secondary N) is 1. The van der Waals surface area contributed by atoms with Crippen molar-refractivity contribution in [1.82, 2.24) is 10.2 Å². The van der Waals surface area contributed by atoms with Crippen LogP contribution in [0, 0.1) is 11.8 Å². The van der Waals surface area contributed by atoms with Crippen LogP contribution in [0.15, 0.2) is 30.3 Å². The summed E-state index contributed by atoms with van der Waals surface area (Å²) in [5.74, 6) is 1.78. The molecule has 0 saturated carbocycles. The lowest BCUT2D eigenvalue weighted by Crippen LogP contribution is -2.40. The minimum atomic E-state index is 0.390. The van der Waals surface area contributed by atoms with Crippen molar-refractivity contribution < 1.29 is 4.79 Å². The lowest BCUT2D eigenvalue weighted by atomic mass is 9.90. The molecule has 126 valence electrons. The smallest absolute Gasteiger partial charge is 0.222 e. The van der Waals surface area contributed by atoms with Gasteiger partial charge in [-0.25, -0.2) is 0 Å². The Bertz CT molecular complexity index is 482. The van der Waals surface area contributed by atoms with E-state index < -0.39 is 0 Å². The second-order valence-corrected chi connectivity index (χ2v) is 7.27. The molecule has 1 atom stereocenters. The first-order chi connectivity index (χ1) is 11.3. The van der Waals surface area contributed by atoms with Crippen molar-refractivity contribution in [3.8, 4) is 0 Å². The minimum absolute atomic E-state index is 0.390. The summed E-state index contributed by atoms with van der Waals surface area (Å²) < 4.78 is 0. The fourth-order valence-corrected chi connectivity index (χ4v) is 4.06. The Hall–Kier alpha value is -1.35. The topological polar surface area (TPSA) is 32.3 Å². The summed E-state index contributed by atoms with van der Waals surface area (Å²) in [6.45, 7) is 4.18. The van der Waals surface area contributed by atoms with Gasteiger partial charge in [-0.3, -0.25) is 4.79 Å². The van der Waals surface area contributed by atoms with Gasteiger partial charge in [-0.1, -0.05) is 30.3 Å². The molecule has 1 N–H and O–H groups in total. The predicted octanol–water partition coefficient (Wildman–Crippen LogP) is 3.25. The molecule has 2 heterocycles. The Labute approximate surface area is 140 Å². The second-order valence-electron chi connectivity index (χ2n) is 7.27. The molecule has 0 aromatic heterocycles. The average molecular weight is 314 g/mol. The number of carbonyl (C=O) groups excluding carboxylic acids is 1. The van der Waals surface area contributed by atoms with Gasteiger partial charge in [0.25, 0.3) is 0 Å². The minimum Gasteiger partial charge on any atom is -0.342 e. The first kappa shape index (κ1) is 16.5. The van der Waals surface area contributed by atoms with Crippen LogP contribution in [-0.2, 0) is 11.2 Å². The summed E-state index contributed by atoms with van der Waals surface area (Å²) in [6, 6.07) is 10.7. The van der Waals surface area contributed by atoms with Crippen LogP contribution in [0.1, 0.15) is 44.1 Å². The van der Waals surface area contributed by atoms with Crippen molar-refractivity contribution in [2.24, 2.45) is 11.8 Å². The number of hydrogen-bond acceptors (Lipinski definition) is 2. The van der Waals surface area contributed by atoms with Crippen molar-refractivity contribution in [3.63, 3.8) is 0 Å². The maximum absolute atomic E-state index is 12.5. The maximum Gasteiger partial charge on any atom is 0.222 e. The largest absolute Gasteiger partial charge is 0.342 e. The van der Waals surface area contributed by atoms with E-state index in [2.05, 4.69) is 40.5 Å². The molecule has 1 aromatic rings. The van der Waals surface area contributed by atoms with Crippen LogP contribution in [0.4, 0.5) is 0 Å². The van der Waals surface area contributed by atoms with Gasteiger partial charge in [-0.05, 0) is 69.0 Å². The molecule has 3 heteroatoms. The molecule has 2 saturated heterocycles. The van der Waals surface area contributed by atoms with Gasteiger partial charge < -0.3 is 10.2 Å². The van der Waals surface area contributed by atoms with Gasteiger partial charge in [-0.2, -0.15) is 0 Å². The number of likely N-dealkylation sites (tertiary alicyclic amines) is 1. The van der Waals surface area contributed by atoms with Crippen LogP contribution in [0.2, 0.25) is 0 Å². The summed E-state index contributed by atoms with van der Waals surface area (Å²) in [6.07, 6.45) is 7.85. The van der Waals surface area contributed by atoms with Crippen molar-refractivity contribution >= 4 is 5.91 Å². The number of amides is 1. The first-order valence-electron chi connectivity index (χ1n) is 9.33. The summed E-state index contributed by atoms with van der Waals surface area (Å²) in [7, 11) is 0. The molecule has 1 aromatic carbocycles. The molecule has 23 heavy (non-hydrogen) atoms. The fraction of sp³-hybridized carbons (Fsp3) is 0.650. The van der Waals surface area contributed by atoms with E-state index in [0.29, 0.717) is 11.8 Å². The van der Waals surface area contributed by atoms with Crippen LogP contribution >= 0.6 is 0 Å². The standard InChI is InChI=1S/C20H30N2O/c23-20(9-8-17-10-12-21-13-11-17)22-14-4-7-19(16-22)15-18-5-2-1-3-6-18/h1-3,5-6,17,19,21H,4,7-16H2. The van der Waals surface area contributed by atoms with Gasteiger partial charge in [0.2, 0.25) is 5.91 Å². The molecule has 0 spiro atoms. The Balaban J connectivity index is 1.44. The van der Waals surface area contributed by atoms with E-state index in [0.717, 1.165) is 57.8 Å². The van der Waals surface area contributed by atoms with Crippen LogP contribution in [0.5, 0.6) is 0 Å². The lowest BCUT2D eigenvalue weighted by molar-refractivity contribution is -0.133. The van der Waals surface area contributed by atoms with E-state index in [1.165, 1.54) is 24.8 Å². The summed E-state index contributed by atoms with van der Waals surface area (Å²) in [4.78, 5) is 14.7. The number of rotatable bonds is 5. The van der Waals surface area contributed by atoms with Gasteiger partial charge >= 0.3 is 0 Å². The molecule has 1 unspecified atom stereocenters. The predicted molar refractivity (Wildman–Crippen MR) is 94.3 cm³/mol. The first-order valence-corrected chi connectivity index (χ1v) is 9.33. The van der Waals surface area contributed by atoms with E-state index in [1.54, 1.807) is 0 Å². The third-order valence-corrected chi connectivity index (χ3v) is 5.46. The zero-order valence-corrected chi connectivity index (χ0v) is 14.2. The van der Waals surface area contributed by atoms with Crippen LogP contribution in [0.25, 0.3) is 0 Å². The van der Waals surface area contributed by atoms with Gasteiger partial charge in [0, 0.05) is 19.5 Å². The summed E-state index contributed by atoms with van der Waals surface area (Å²) in [5, 5.41) is 3.40. The lowest BCUT2D eigenvalue weighted by Gasteiger charge is -2.33. The second kappa shape index (κ2) is 8.49. The third kappa shape index (κ3) is 5.07. The number of piperidine rings is 2. The molecular formula is C20H30N2O. The highest BCUT2D eigenvalue weighted by atomic mass is 16.2. The van der Waals surface area contributed by atoms with Crippen LogP contribution < -0.4 is 5.32 Å². The van der Waals surface area contributed by atoms with Crippen molar-refractivity contribution in [1.29, 1.82) is 0 Å². The average Bonchev–Trinajstić information content (AvgIpc) is 2.62. The van der Waals surface area contributed by atoms with E-state index in [9.17, 15) is 4.79 Å². The van der Waals surface area contributed by atoms with E-state index in [1.807, 2.05) is 0 Å². The molecule has 2 fully saturated rings. The molecular weight excluding hydrogens is 284 g/mol. The van der Waals surface area contributed by atoms with Crippen LogP contribution in [0.3, 0.4) is 0 Å². The fourth-order valence-electron chi connectivity index (χ4n) is 4.06. The van der Waals surface area contributed by atoms with Gasteiger partial charge in [0.15, 0.2) is 0 Å². The van der Waals surface area contributed by atoms with Gasteiger partial charge in [0.05, 0.1) is 0 Å².